The molecule has 0 spiro atoms. The predicted molar refractivity (Wildman–Crippen MR) is 21.1 cm³/mol. The smallest absolute Gasteiger partial charge is 0.140 e. The van der Waals surface area contributed by atoms with Gasteiger partial charge in [0.15, 0.2) is 0 Å². The summed E-state index contributed by atoms with van der Waals surface area (Å²) in [5, 5.41) is 10.2. The number of aliphatic hydroxyl groups is 1. The van der Waals surface area contributed by atoms with Crippen LogP contribution in [0.5, 0.6) is 0 Å². The van der Waals surface area contributed by atoms with Crippen molar-refractivity contribution < 1.29 is 9.50 Å². The first kappa shape index (κ1) is 5.85. The summed E-state index contributed by atoms with van der Waals surface area (Å²) < 4.78 is 11.0. The molecule has 0 saturated heterocycles. The highest BCUT2D eigenvalue weighted by Gasteiger charge is 1.74. The Balaban J connectivity index is 2.34. The lowest BCUT2D eigenvalue weighted by Crippen LogP contribution is -2.15. The van der Waals surface area contributed by atoms with Crippen molar-refractivity contribution in [3.63, 3.8) is 0 Å². The second-order valence-electron chi connectivity index (χ2n) is 0.857. The van der Waals surface area contributed by atoms with Gasteiger partial charge in [-0.05, 0) is 0 Å². The van der Waals surface area contributed by atoms with Crippen LogP contribution in [0.1, 0.15) is 0 Å². The molecule has 0 atom stereocenters. The van der Waals surface area contributed by atoms with E-state index in [0.29, 0.717) is 6.54 Å². The predicted octanol–water partition coefficient (Wildman–Crippen LogP) is -0.505. The van der Waals surface area contributed by atoms with Crippen molar-refractivity contribution in [3.8, 4) is 0 Å². The number of hydrogen-bond acceptors (Lipinski definition) is 2. The van der Waals surface area contributed by atoms with E-state index in [0.717, 1.165) is 0 Å². The van der Waals surface area contributed by atoms with Crippen LogP contribution in [0.15, 0.2) is 0 Å². The maximum Gasteiger partial charge on any atom is 0.140 e. The molecule has 0 amide bonds. The van der Waals surface area contributed by atoms with Crippen LogP contribution in [-0.2, 0) is 0 Å². The molecule has 0 aromatic heterocycles. The van der Waals surface area contributed by atoms with Crippen molar-refractivity contribution in [2.24, 2.45) is 0 Å². The Hall–Kier alpha value is -0.150. The molecular formula is C3H8FNO. The zero-order chi connectivity index (χ0) is 4.83. The van der Waals surface area contributed by atoms with Crippen LogP contribution in [-0.4, -0.2) is 25.1 Å². The quantitative estimate of drug-likeness (QED) is 0.363. The molecule has 6 heavy (non-hydrogen) atoms. The first-order valence-electron chi connectivity index (χ1n) is 1.79. The summed E-state index contributed by atoms with van der Waals surface area (Å²) in [7, 11) is 0. The number of alkyl halides is 1. The molecule has 0 aliphatic carbocycles. The fourth-order valence-electron chi connectivity index (χ4n) is 0.146. The van der Waals surface area contributed by atoms with Gasteiger partial charge < -0.3 is 5.11 Å². The summed E-state index contributed by atoms with van der Waals surface area (Å²) in [5.74, 6) is 0. The molecule has 38 valence electrons. The van der Waals surface area contributed by atoms with Gasteiger partial charge in [0, 0.05) is 6.54 Å². The highest BCUT2D eigenvalue weighted by Crippen LogP contribution is 1.55. The number of aliphatic hydroxyl groups excluding tert-OH is 1. The van der Waals surface area contributed by atoms with Gasteiger partial charge >= 0.3 is 0 Å². The molecule has 0 aliphatic rings. The minimum absolute atomic E-state index is 0.00389. The van der Waals surface area contributed by atoms with Crippen molar-refractivity contribution >= 4 is 0 Å². The van der Waals surface area contributed by atoms with Crippen molar-refractivity contribution in [1.29, 1.82) is 0 Å². The lowest BCUT2D eigenvalue weighted by Gasteiger charge is -1.88. The van der Waals surface area contributed by atoms with Gasteiger partial charge in [-0.2, -0.15) is 0 Å². The summed E-state index contributed by atoms with van der Waals surface area (Å²) in [6.45, 7) is -0.207. The third-order valence-corrected chi connectivity index (χ3v) is 0.383. The van der Waals surface area contributed by atoms with Crippen LogP contribution in [0, 0.1) is 0 Å². The SMILES string of the molecule is OCCNC[18F]. The van der Waals surface area contributed by atoms with E-state index in [1.54, 1.807) is 0 Å². The molecule has 0 fully saturated rings. The molecule has 2 nitrogen and oxygen atoms in total. The highest BCUT2D eigenvalue weighted by molar-refractivity contribution is 4.30. The largest absolute Gasteiger partial charge is 0.395 e. The van der Waals surface area contributed by atoms with Gasteiger partial charge in [-0.1, -0.05) is 0 Å². The number of hydrogen-bond donors (Lipinski definition) is 2. The average molecular weight is 92.1 g/mol. The molecule has 0 heterocycles. The highest BCUT2D eigenvalue weighted by atomic mass is 18.2. The topological polar surface area (TPSA) is 32.3 Å². The Bertz CT molecular complexity index is 22.8. The fourth-order valence-corrected chi connectivity index (χ4v) is 0.146. The second kappa shape index (κ2) is 4.85. The molecule has 0 aliphatic heterocycles. The number of halogens is 1. The Kier molecular flexibility index (Phi) is 4.73. The van der Waals surface area contributed by atoms with Gasteiger partial charge in [0.1, 0.15) is 6.80 Å². The van der Waals surface area contributed by atoms with Gasteiger partial charge in [-0.25, -0.2) is 4.39 Å². The molecule has 2 N–H and O–H groups in total. The van der Waals surface area contributed by atoms with Gasteiger partial charge in [0.05, 0.1) is 6.61 Å². The average Bonchev–Trinajstić information content (AvgIpc) is 1.61. The van der Waals surface area contributed by atoms with E-state index >= 15 is 0 Å². The van der Waals surface area contributed by atoms with Crippen LogP contribution in [0.2, 0.25) is 0 Å². The first-order valence-corrected chi connectivity index (χ1v) is 1.79. The molecule has 0 saturated carbocycles. The Morgan fingerprint density at radius 1 is 1.67 bits per heavy atom. The molecule has 0 bridgehead atoms. The lowest BCUT2D eigenvalue weighted by molar-refractivity contribution is 0.280. The molecule has 0 rings (SSSR count). The van der Waals surface area contributed by atoms with E-state index in [1.165, 1.54) is 0 Å². The minimum Gasteiger partial charge on any atom is -0.395 e. The monoisotopic (exact) mass is 92.1 g/mol. The zero-order valence-corrected chi connectivity index (χ0v) is 3.45. The summed E-state index contributed by atoms with van der Waals surface area (Å²) in [6.07, 6.45) is 0. The first-order chi connectivity index (χ1) is 2.91. The van der Waals surface area contributed by atoms with Gasteiger partial charge in [-0.3, -0.25) is 5.32 Å². The molecule has 3 heteroatoms. The Morgan fingerprint density at radius 2 is 2.33 bits per heavy atom. The van der Waals surface area contributed by atoms with Crippen molar-refractivity contribution in [2.45, 2.75) is 0 Å². The second-order valence-corrected chi connectivity index (χ2v) is 0.857. The summed E-state index contributed by atoms with van der Waals surface area (Å²) in [4.78, 5) is 0. The molecular weight excluding hydrogens is 84.0 g/mol. The summed E-state index contributed by atoms with van der Waals surface area (Å²) in [5.41, 5.74) is 0. The lowest BCUT2D eigenvalue weighted by atomic mass is 10.7. The zero-order valence-electron chi connectivity index (χ0n) is 3.45. The van der Waals surface area contributed by atoms with Crippen LogP contribution in [0.25, 0.3) is 0 Å². The summed E-state index contributed by atoms with van der Waals surface area (Å²) >= 11 is 0. The van der Waals surface area contributed by atoms with Gasteiger partial charge in [-0.15, -0.1) is 0 Å². The summed E-state index contributed by atoms with van der Waals surface area (Å²) in [6, 6.07) is 0. The van der Waals surface area contributed by atoms with Crippen molar-refractivity contribution in [1.82, 2.24) is 5.32 Å². The maximum absolute atomic E-state index is 11.0. The van der Waals surface area contributed by atoms with Crippen LogP contribution < -0.4 is 5.32 Å². The van der Waals surface area contributed by atoms with Crippen LogP contribution in [0.4, 0.5) is 4.39 Å². The molecule has 0 radical (unpaired) electrons. The normalized spacial score (nSPS) is 9.00. The van der Waals surface area contributed by atoms with E-state index in [4.69, 9.17) is 5.11 Å². The Labute approximate surface area is 36.0 Å². The fraction of sp³-hybridized carbons (Fsp3) is 1.00. The van der Waals surface area contributed by atoms with Crippen molar-refractivity contribution in [3.05, 3.63) is 0 Å². The maximum atomic E-state index is 11.0. The van der Waals surface area contributed by atoms with E-state index < -0.39 is 6.80 Å². The number of nitrogens with one attached hydrogen (secondary N) is 1. The van der Waals surface area contributed by atoms with Crippen LogP contribution >= 0.6 is 0 Å². The van der Waals surface area contributed by atoms with Crippen LogP contribution in [0.3, 0.4) is 0 Å². The third-order valence-electron chi connectivity index (χ3n) is 0.383. The molecule has 0 aromatic carbocycles. The minimum atomic E-state index is -0.555. The van der Waals surface area contributed by atoms with E-state index in [9.17, 15) is 4.39 Å². The van der Waals surface area contributed by atoms with Crippen molar-refractivity contribution in [2.75, 3.05) is 20.0 Å². The third kappa shape index (κ3) is 3.85. The van der Waals surface area contributed by atoms with Gasteiger partial charge in [0.2, 0.25) is 0 Å². The standard InChI is InChI=1S/C3H8FNO/c4-3-5-1-2-6/h5-6H,1-3H2/i4-1. The van der Waals surface area contributed by atoms with E-state index in [1.807, 2.05) is 0 Å². The van der Waals surface area contributed by atoms with Gasteiger partial charge in [0.25, 0.3) is 0 Å². The molecule has 0 unspecified atom stereocenters. The number of rotatable bonds is 3. The van der Waals surface area contributed by atoms with E-state index in [2.05, 4.69) is 5.32 Å². The van der Waals surface area contributed by atoms with E-state index in [-0.39, 0.29) is 6.61 Å². The molecule has 0 aromatic rings. The Morgan fingerprint density at radius 3 is 2.50 bits per heavy atom.